The first-order valence-electron chi connectivity index (χ1n) is 9.59. The Balaban J connectivity index is 1.61. The summed E-state index contributed by atoms with van der Waals surface area (Å²) in [5.74, 6) is -0.590. The van der Waals surface area contributed by atoms with Gasteiger partial charge in [-0.3, -0.25) is 19.6 Å². The van der Waals surface area contributed by atoms with E-state index in [1.54, 1.807) is 18.0 Å². The van der Waals surface area contributed by atoms with Crippen LogP contribution in [0.4, 0.5) is 0 Å². The predicted molar refractivity (Wildman–Crippen MR) is 117 cm³/mol. The molecule has 6 nitrogen and oxygen atoms in total. The van der Waals surface area contributed by atoms with E-state index < -0.39 is 0 Å². The predicted octanol–water partition coefficient (Wildman–Crippen LogP) is 4.19. The molecule has 0 saturated carbocycles. The van der Waals surface area contributed by atoms with Crippen molar-refractivity contribution in [2.75, 3.05) is 12.8 Å². The first-order chi connectivity index (χ1) is 14.7. The minimum atomic E-state index is -0.300. The summed E-state index contributed by atoms with van der Waals surface area (Å²) in [4.78, 5) is 33.7. The van der Waals surface area contributed by atoms with Gasteiger partial charge < -0.3 is 0 Å². The van der Waals surface area contributed by atoms with Crippen molar-refractivity contribution in [3.63, 3.8) is 0 Å². The van der Waals surface area contributed by atoms with Gasteiger partial charge in [-0.2, -0.15) is 5.10 Å². The fourth-order valence-corrected chi connectivity index (χ4v) is 4.29. The number of rotatable bonds is 5. The van der Waals surface area contributed by atoms with E-state index in [4.69, 9.17) is 0 Å². The Kier molecular flexibility index (Phi) is 4.59. The molecule has 0 atom stereocenters. The number of fused-ring (bicyclic) bond motifs is 3. The van der Waals surface area contributed by atoms with Crippen LogP contribution in [-0.2, 0) is 6.42 Å². The van der Waals surface area contributed by atoms with Crippen molar-refractivity contribution in [3.05, 3.63) is 77.5 Å². The second-order valence-electron chi connectivity index (χ2n) is 7.07. The quantitative estimate of drug-likeness (QED) is 0.391. The molecule has 0 spiro atoms. The lowest BCUT2D eigenvalue weighted by Gasteiger charge is -2.13. The first-order valence-corrected chi connectivity index (χ1v) is 10.8. The summed E-state index contributed by atoms with van der Waals surface area (Å²) in [6.07, 6.45) is 4.16. The molecule has 1 aliphatic rings. The molecule has 0 bridgehead atoms. The zero-order valence-electron chi connectivity index (χ0n) is 16.3. The molecule has 1 N–H and O–H groups in total. The maximum absolute atomic E-state index is 13.4. The van der Waals surface area contributed by atoms with Gasteiger partial charge in [-0.05, 0) is 30.4 Å². The number of carbonyl (C=O) groups is 2. The number of benzene rings is 2. The summed E-state index contributed by atoms with van der Waals surface area (Å²) in [5, 5.41) is 7.48. The SMILES string of the molecule is CSc1cccc(-c2nc3[nH]ncc3c3c2C(=O)N(CCc2ccccc2)C3=O)c1. The second-order valence-corrected chi connectivity index (χ2v) is 7.95. The maximum atomic E-state index is 13.4. The number of nitrogens with zero attached hydrogens (tertiary/aromatic N) is 3. The summed E-state index contributed by atoms with van der Waals surface area (Å²) in [7, 11) is 0. The molecular weight excluding hydrogens is 396 g/mol. The Morgan fingerprint density at radius 3 is 2.60 bits per heavy atom. The molecule has 2 aromatic carbocycles. The summed E-state index contributed by atoms with van der Waals surface area (Å²) in [6.45, 7) is 0.319. The Morgan fingerprint density at radius 1 is 1.00 bits per heavy atom. The highest BCUT2D eigenvalue weighted by atomic mass is 32.2. The van der Waals surface area contributed by atoms with Gasteiger partial charge >= 0.3 is 0 Å². The molecule has 7 heteroatoms. The lowest BCUT2D eigenvalue weighted by atomic mass is 10.0. The van der Waals surface area contributed by atoms with Gasteiger partial charge in [0.05, 0.1) is 28.4 Å². The minimum Gasteiger partial charge on any atom is -0.274 e. The molecule has 2 amide bonds. The number of hydrogen-bond acceptors (Lipinski definition) is 5. The molecule has 0 aliphatic carbocycles. The number of nitrogens with one attached hydrogen (secondary N) is 1. The number of pyridine rings is 1. The smallest absolute Gasteiger partial charge is 0.263 e. The minimum absolute atomic E-state index is 0.290. The normalized spacial score (nSPS) is 13.3. The lowest BCUT2D eigenvalue weighted by molar-refractivity contribution is 0.0657. The molecule has 1 aliphatic heterocycles. The van der Waals surface area contributed by atoms with E-state index in [0.29, 0.717) is 40.8 Å². The highest BCUT2D eigenvalue weighted by molar-refractivity contribution is 7.98. The summed E-state index contributed by atoms with van der Waals surface area (Å²) in [6, 6.07) is 17.7. The molecule has 30 heavy (non-hydrogen) atoms. The number of aromatic nitrogens is 3. The van der Waals surface area contributed by atoms with Crippen molar-refractivity contribution in [3.8, 4) is 11.3 Å². The number of amides is 2. The van der Waals surface area contributed by atoms with Crippen LogP contribution >= 0.6 is 11.8 Å². The van der Waals surface area contributed by atoms with Crippen molar-refractivity contribution >= 4 is 34.6 Å². The Morgan fingerprint density at radius 2 is 1.80 bits per heavy atom. The van der Waals surface area contributed by atoms with Crippen LogP contribution in [0.1, 0.15) is 26.3 Å². The largest absolute Gasteiger partial charge is 0.274 e. The fraction of sp³-hybridized carbons (Fsp3) is 0.130. The van der Waals surface area contributed by atoms with Crippen molar-refractivity contribution in [2.45, 2.75) is 11.3 Å². The van der Waals surface area contributed by atoms with Gasteiger partial charge in [0, 0.05) is 17.0 Å². The van der Waals surface area contributed by atoms with Crippen LogP contribution in [0.2, 0.25) is 0 Å². The molecule has 5 rings (SSSR count). The summed E-state index contributed by atoms with van der Waals surface area (Å²) >= 11 is 1.61. The molecule has 0 unspecified atom stereocenters. The molecule has 148 valence electrons. The number of H-pyrrole nitrogens is 1. The Bertz CT molecular complexity index is 1280. The first kappa shape index (κ1) is 18.6. The number of imide groups is 1. The van der Waals surface area contributed by atoms with E-state index in [9.17, 15) is 9.59 Å². The molecule has 3 heterocycles. The van der Waals surface area contributed by atoms with Gasteiger partial charge in [-0.25, -0.2) is 4.98 Å². The van der Waals surface area contributed by atoms with Crippen LogP contribution in [0.25, 0.3) is 22.3 Å². The molecule has 0 saturated heterocycles. The second kappa shape index (κ2) is 7.42. The van der Waals surface area contributed by atoms with Crippen LogP contribution in [0, 0.1) is 0 Å². The molecule has 4 aromatic rings. The van der Waals surface area contributed by atoms with E-state index in [-0.39, 0.29) is 11.8 Å². The Labute approximate surface area is 177 Å². The standard InChI is InChI=1S/C23H18N4O2S/c1-30-16-9-5-8-15(12-16)20-19-18(17-13-24-26-21(17)25-20)22(28)27(23(19)29)11-10-14-6-3-2-4-7-14/h2-9,12-13H,10-11H2,1H3,(H,24,25,26). The summed E-state index contributed by atoms with van der Waals surface area (Å²) < 4.78 is 0. The zero-order valence-corrected chi connectivity index (χ0v) is 17.1. The van der Waals surface area contributed by atoms with Gasteiger partial charge in [0.25, 0.3) is 11.8 Å². The van der Waals surface area contributed by atoms with E-state index >= 15 is 0 Å². The van der Waals surface area contributed by atoms with Crippen molar-refractivity contribution in [1.29, 1.82) is 0 Å². The Hall–Kier alpha value is -3.45. The number of thioether (sulfide) groups is 1. The number of aromatic amines is 1. The van der Waals surface area contributed by atoms with Crippen molar-refractivity contribution in [1.82, 2.24) is 20.1 Å². The zero-order chi connectivity index (χ0) is 20.7. The van der Waals surface area contributed by atoms with Gasteiger partial charge in [-0.1, -0.05) is 42.5 Å². The van der Waals surface area contributed by atoms with E-state index in [1.165, 1.54) is 4.90 Å². The maximum Gasteiger partial charge on any atom is 0.263 e. The third kappa shape index (κ3) is 2.98. The van der Waals surface area contributed by atoms with Crippen molar-refractivity contribution < 1.29 is 9.59 Å². The molecule has 0 radical (unpaired) electrons. The third-order valence-corrected chi connectivity index (χ3v) is 6.05. The average Bonchev–Trinajstić information content (AvgIpc) is 3.35. The number of carbonyl (C=O) groups excluding carboxylic acids is 2. The van der Waals surface area contributed by atoms with Crippen LogP contribution in [-0.4, -0.2) is 44.7 Å². The van der Waals surface area contributed by atoms with Gasteiger partial charge in [-0.15, -0.1) is 11.8 Å². The number of hydrogen-bond donors (Lipinski definition) is 1. The molecule has 2 aromatic heterocycles. The van der Waals surface area contributed by atoms with E-state index in [2.05, 4.69) is 15.2 Å². The van der Waals surface area contributed by atoms with E-state index in [1.807, 2.05) is 60.9 Å². The topological polar surface area (TPSA) is 79.0 Å². The summed E-state index contributed by atoms with van der Waals surface area (Å²) in [5.41, 5.74) is 3.65. The molecular formula is C23H18N4O2S. The highest BCUT2D eigenvalue weighted by Gasteiger charge is 2.40. The van der Waals surface area contributed by atoms with Crippen LogP contribution in [0.5, 0.6) is 0 Å². The van der Waals surface area contributed by atoms with Gasteiger partial charge in [0.1, 0.15) is 0 Å². The average molecular weight is 414 g/mol. The van der Waals surface area contributed by atoms with Crippen LogP contribution in [0.15, 0.2) is 65.7 Å². The van der Waals surface area contributed by atoms with E-state index in [0.717, 1.165) is 16.0 Å². The van der Waals surface area contributed by atoms with Gasteiger partial charge in [0.15, 0.2) is 5.65 Å². The monoisotopic (exact) mass is 414 g/mol. The van der Waals surface area contributed by atoms with Crippen molar-refractivity contribution in [2.24, 2.45) is 0 Å². The third-order valence-electron chi connectivity index (χ3n) is 5.33. The van der Waals surface area contributed by atoms with Gasteiger partial charge in [0.2, 0.25) is 0 Å². The fourth-order valence-electron chi connectivity index (χ4n) is 3.83. The lowest BCUT2D eigenvalue weighted by Crippen LogP contribution is -2.31. The highest BCUT2D eigenvalue weighted by Crippen LogP contribution is 2.36. The van der Waals surface area contributed by atoms with Crippen LogP contribution < -0.4 is 0 Å². The molecule has 0 fully saturated rings. The van der Waals surface area contributed by atoms with Crippen LogP contribution in [0.3, 0.4) is 0 Å².